The van der Waals surface area contributed by atoms with Gasteiger partial charge in [-0.2, -0.15) is 0 Å². The Kier molecular flexibility index (Phi) is 7.67. The highest BCUT2D eigenvalue weighted by molar-refractivity contribution is 5.95. The van der Waals surface area contributed by atoms with Crippen LogP contribution in [0.2, 0.25) is 0 Å². The smallest absolute Gasteiger partial charge is 0.338 e. The first-order valence-corrected chi connectivity index (χ1v) is 10.3. The molecule has 1 N–H and O–H groups in total. The maximum Gasteiger partial charge on any atom is 0.338 e. The highest BCUT2D eigenvalue weighted by Gasteiger charge is 2.36. The molecular formula is C24H28N2O5. The van der Waals surface area contributed by atoms with Crippen LogP contribution in [0.5, 0.6) is 5.75 Å². The van der Waals surface area contributed by atoms with Gasteiger partial charge in [0.1, 0.15) is 19.0 Å². The fourth-order valence-corrected chi connectivity index (χ4v) is 3.50. The molecule has 164 valence electrons. The largest absolute Gasteiger partial charge is 0.489 e. The Labute approximate surface area is 182 Å². The van der Waals surface area contributed by atoms with E-state index in [-0.39, 0.29) is 12.6 Å². The van der Waals surface area contributed by atoms with Crippen molar-refractivity contribution in [2.45, 2.75) is 26.5 Å². The number of hydrogen-bond donors (Lipinski definition) is 1. The van der Waals surface area contributed by atoms with Gasteiger partial charge >= 0.3 is 12.0 Å². The number of carbonyl (C=O) groups excluding carboxylic acids is 2. The summed E-state index contributed by atoms with van der Waals surface area (Å²) in [4.78, 5) is 27.0. The second kappa shape index (κ2) is 10.6. The van der Waals surface area contributed by atoms with Crippen molar-refractivity contribution in [2.24, 2.45) is 0 Å². The molecule has 0 aliphatic carbocycles. The molecule has 1 aliphatic rings. The SMILES string of the molecule is CCN1C(=O)NC(c2cccc(OCc3ccccc3)c2)C(C(=O)OCCOC)=C1C. The lowest BCUT2D eigenvalue weighted by Gasteiger charge is -2.34. The molecule has 0 saturated heterocycles. The van der Waals surface area contributed by atoms with Gasteiger partial charge in [0.25, 0.3) is 0 Å². The monoisotopic (exact) mass is 424 g/mol. The number of esters is 1. The van der Waals surface area contributed by atoms with Crippen LogP contribution in [0, 0.1) is 0 Å². The molecule has 0 saturated carbocycles. The van der Waals surface area contributed by atoms with Crippen molar-refractivity contribution >= 4 is 12.0 Å². The second-order valence-electron chi connectivity index (χ2n) is 7.10. The van der Waals surface area contributed by atoms with Gasteiger partial charge in [-0.25, -0.2) is 9.59 Å². The topological polar surface area (TPSA) is 77.1 Å². The highest BCUT2D eigenvalue weighted by Crippen LogP contribution is 2.32. The van der Waals surface area contributed by atoms with Crippen molar-refractivity contribution in [3.05, 3.63) is 77.0 Å². The van der Waals surface area contributed by atoms with Crippen LogP contribution < -0.4 is 10.1 Å². The molecule has 0 spiro atoms. The lowest BCUT2D eigenvalue weighted by atomic mass is 9.94. The van der Waals surface area contributed by atoms with E-state index in [1.54, 1.807) is 14.0 Å². The zero-order chi connectivity index (χ0) is 22.2. The van der Waals surface area contributed by atoms with Crippen LogP contribution in [0.1, 0.15) is 31.0 Å². The van der Waals surface area contributed by atoms with E-state index in [1.165, 1.54) is 4.90 Å². The van der Waals surface area contributed by atoms with Gasteiger partial charge in [0.05, 0.1) is 18.2 Å². The highest BCUT2D eigenvalue weighted by atomic mass is 16.6. The minimum absolute atomic E-state index is 0.138. The molecule has 7 nitrogen and oxygen atoms in total. The number of ether oxygens (including phenoxy) is 3. The number of amides is 2. The van der Waals surface area contributed by atoms with Crippen LogP contribution >= 0.6 is 0 Å². The van der Waals surface area contributed by atoms with Crippen LogP contribution in [0.25, 0.3) is 0 Å². The number of nitrogens with zero attached hydrogens (tertiary/aromatic N) is 1. The molecule has 2 amide bonds. The van der Waals surface area contributed by atoms with Crippen LogP contribution in [-0.2, 0) is 20.9 Å². The zero-order valence-corrected chi connectivity index (χ0v) is 18.1. The van der Waals surface area contributed by atoms with Crippen molar-refractivity contribution in [3.63, 3.8) is 0 Å². The standard InChI is InChI=1S/C24H28N2O5/c1-4-26-17(2)21(23(27)30-14-13-29-3)22(25-24(26)28)19-11-8-12-20(15-19)31-16-18-9-6-5-7-10-18/h5-12,15,22H,4,13-14,16H2,1-3H3,(H,25,28). The minimum atomic E-state index is -0.634. The zero-order valence-electron chi connectivity index (χ0n) is 18.1. The van der Waals surface area contributed by atoms with Gasteiger partial charge in [-0.05, 0) is 37.1 Å². The number of rotatable bonds is 9. The number of carbonyl (C=O) groups is 2. The number of methoxy groups -OCH3 is 1. The Balaban J connectivity index is 1.86. The van der Waals surface area contributed by atoms with Crippen LogP contribution in [-0.4, -0.2) is 43.8 Å². The van der Waals surface area contributed by atoms with Gasteiger partial charge in [-0.3, -0.25) is 4.90 Å². The van der Waals surface area contributed by atoms with Crippen LogP contribution in [0.15, 0.2) is 65.9 Å². The van der Waals surface area contributed by atoms with Crippen molar-refractivity contribution < 1.29 is 23.8 Å². The fraction of sp³-hybridized carbons (Fsp3) is 0.333. The molecule has 1 atom stereocenters. The van der Waals surface area contributed by atoms with E-state index in [1.807, 2.05) is 61.5 Å². The Morgan fingerprint density at radius 1 is 1.10 bits per heavy atom. The second-order valence-corrected chi connectivity index (χ2v) is 7.10. The summed E-state index contributed by atoms with van der Waals surface area (Å²) in [5.74, 6) is 0.173. The molecule has 1 aliphatic heterocycles. The summed E-state index contributed by atoms with van der Waals surface area (Å²) in [7, 11) is 1.54. The first-order chi connectivity index (χ1) is 15.0. The summed E-state index contributed by atoms with van der Waals surface area (Å²) in [5.41, 5.74) is 2.77. The third-order valence-corrected chi connectivity index (χ3v) is 5.09. The van der Waals surface area contributed by atoms with E-state index < -0.39 is 12.0 Å². The van der Waals surface area contributed by atoms with Gasteiger partial charge in [0.2, 0.25) is 0 Å². The third kappa shape index (κ3) is 5.44. The van der Waals surface area contributed by atoms with Gasteiger partial charge in [0, 0.05) is 19.4 Å². The Morgan fingerprint density at radius 2 is 1.87 bits per heavy atom. The Bertz CT molecular complexity index is 942. The maximum atomic E-state index is 12.9. The van der Waals surface area contributed by atoms with Crippen molar-refractivity contribution in [3.8, 4) is 5.75 Å². The van der Waals surface area contributed by atoms with E-state index in [2.05, 4.69) is 5.32 Å². The van der Waals surface area contributed by atoms with E-state index in [0.29, 0.717) is 36.8 Å². The lowest BCUT2D eigenvalue weighted by Crippen LogP contribution is -2.47. The van der Waals surface area contributed by atoms with E-state index in [0.717, 1.165) is 11.1 Å². The fourth-order valence-electron chi connectivity index (χ4n) is 3.50. The molecule has 0 aromatic heterocycles. The molecule has 0 bridgehead atoms. The van der Waals surface area contributed by atoms with Gasteiger partial charge < -0.3 is 19.5 Å². The number of urea groups is 1. The maximum absolute atomic E-state index is 12.9. The quantitative estimate of drug-likeness (QED) is 0.489. The first kappa shape index (κ1) is 22.4. The van der Waals surface area contributed by atoms with E-state index in [4.69, 9.17) is 14.2 Å². The van der Waals surface area contributed by atoms with Crippen LogP contribution in [0.3, 0.4) is 0 Å². The van der Waals surface area contributed by atoms with Crippen molar-refractivity contribution in [1.82, 2.24) is 10.2 Å². The minimum Gasteiger partial charge on any atom is -0.489 e. The predicted octanol–water partition coefficient (Wildman–Crippen LogP) is 3.82. The van der Waals surface area contributed by atoms with Gasteiger partial charge in [-0.1, -0.05) is 42.5 Å². The molecular weight excluding hydrogens is 396 g/mol. The molecule has 0 radical (unpaired) electrons. The molecule has 2 aromatic rings. The summed E-state index contributed by atoms with van der Waals surface area (Å²) in [6.45, 7) is 4.92. The number of nitrogens with one attached hydrogen (secondary N) is 1. The van der Waals surface area contributed by atoms with Gasteiger partial charge in [0.15, 0.2) is 0 Å². The van der Waals surface area contributed by atoms with Crippen LogP contribution in [0.4, 0.5) is 4.79 Å². The summed E-state index contributed by atoms with van der Waals surface area (Å²) in [5, 5.41) is 2.93. The molecule has 1 heterocycles. The average molecular weight is 424 g/mol. The first-order valence-electron chi connectivity index (χ1n) is 10.3. The average Bonchev–Trinajstić information content (AvgIpc) is 2.78. The Morgan fingerprint density at radius 3 is 2.58 bits per heavy atom. The number of hydrogen-bond acceptors (Lipinski definition) is 5. The molecule has 31 heavy (non-hydrogen) atoms. The number of allylic oxidation sites excluding steroid dienone is 1. The predicted molar refractivity (Wildman–Crippen MR) is 116 cm³/mol. The number of benzene rings is 2. The molecule has 3 rings (SSSR count). The van der Waals surface area contributed by atoms with Gasteiger partial charge in [-0.15, -0.1) is 0 Å². The summed E-state index contributed by atoms with van der Waals surface area (Å²) < 4.78 is 16.3. The van der Waals surface area contributed by atoms with E-state index in [9.17, 15) is 9.59 Å². The molecule has 0 fully saturated rings. The molecule has 7 heteroatoms. The molecule has 1 unspecified atom stereocenters. The third-order valence-electron chi connectivity index (χ3n) is 5.09. The Hall–Kier alpha value is -3.32. The summed E-state index contributed by atoms with van der Waals surface area (Å²) in [6.07, 6.45) is 0. The van der Waals surface area contributed by atoms with E-state index >= 15 is 0 Å². The van der Waals surface area contributed by atoms with Crippen molar-refractivity contribution in [1.29, 1.82) is 0 Å². The normalized spacial score (nSPS) is 16.2. The van der Waals surface area contributed by atoms with Crippen molar-refractivity contribution in [2.75, 3.05) is 26.9 Å². The molecule has 2 aromatic carbocycles. The summed E-state index contributed by atoms with van der Waals surface area (Å²) >= 11 is 0. The summed E-state index contributed by atoms with van der Waals surface area (Å²) in [6, 6.07) is 16.4. The lowest BCUT2D eigenvalue weighted by molar-refractivity contribution is -0.140.